The number of methoxy groups -OCH3 is 1. The Labute approximate surface area is 111 Å². The first kappa shape index (κ1) is 14.4. The van der Waals surface area contributed by atoms with Gasteiger partial charge in [-0.25, -0.2) is 0 Å². The second-order valence-electron chi connectivity index (χ2n) is 3.98. The SMILES string of the molecule is COCCN(C)CCC(=O)c1cccc(Br)c1. The average Bonchev–Trinajstić information content (AvgIpc) is 2.33. The lowest BCUT2D eigenvalue weighted by atomic mass is 10.1. The summed E-state index contributed by atoms with van der Waals surface area (Å²) in [6, 6.07) is 7.51. The molecule has 0 fully saturated rings. The first-order chi connectivity index (χ1) is 8.13. The summed E-state index contributed by atoms with van der Waals surface area (Å²) in [4.78, 5) is 14.0. The molecular formula is C13H18BrNO2. The smallest absolute Gasteiger partial charge is 0.164 e. The quantitative estimate of drug-likeness (QED) is 0.725. The van der Waals surface area contributed by atoms with Gasteiger partial charge in [0.25, 0.3) is 0 Å². The molecule has 4 heteroatoms. The first-order valence-corrected chi connectivity index (χ1v) is 6.39. The predicted molar refractivity (Wildman–Crippen MR) is 72.5 cm³/mol. The van der Waals surface area contributed by atoms with Crippen molar-refractivity contribution in [1.29, 1.82) is 0 Å². The molecule has 0 aromatic heterocycles. The van der Waals surface area contributed by atoms with E-state index in [4.69, 9.17) is 4.74 Å². The van der Waals surface area contributed by atoms with Crippen LogP contribution >= 0.6 is 15.9 Å². The van der Waals surface area contributed by atoms with Gasteiger partial charge in [0.05, 0.1) is 6.61 Å². The highest BCUT2D eigenvalue weighted by molar-refractivity contribution is 9.10. The van der Waals surface area contributed by atoms with Crippen LogP contribution in [0.15, 0.2) is 28.7 Å². The Bertz CT molecular complexity index is 368. The van der Waals surface area contributed by atoms with E-state index in [1.807, 2.05) is 31.3 Å². The Balaban J connectivity index is 2.39. The Morgan fingerprint density at radius 2 is 2.18 bits per heavy atom. The third kappa shape index (κ3) is 5.44. The minimum Gasteiger partial charge on any atom is -0.383 e. The van der Waals surface area contributed by atoms with E-state index in [0.717, 1.165) is 23.1 Å². The monoisotopic (exact) mass is 299 g/mol. The van der Waals surface area contributed by atoms with Crippen molar-refractivity contribution in [2.45, 2.75) is 6.42 Å². The Kier molecular flexibility index (Phi) is 6.40. The summed E-state index contributed by atoms with van der Waals surface area (Å²) in [6.45, 7) is 2.30. The predicted octanol–water partition coefficient (Wildman–Crippen LogP) is 2.60. The summed E-state index contributed by atoms with van der Waals surface area (Å²) in [7, 11) is 3.67. The number of nitrogens with zero attached hydrogens (tertiary/aromatic N) is 1. The second kappa shape index (κ2) is 7.58. The third-order valence-corrected chi connectivity index (χ3v) is 3.04. The number of halogens is 1. The summed E-state index contributed by atoms with van der Waals surface area (Å²) < 4.78 is 5.93. The van der Waals surface area contributed by atoms with Crippen LogP contribution in [0.1, 0.15) is 16.8 Å². The number of likely N-dealkylation sites (N-methyl/N-ethyl adjacent to an activating group) is 1. The van der Waals surface area contributed by atoms with Gasteiger partial charge >= 0.3 is 0 Å². The molecule has 1 aromatic rings. The molecule has 0 aliphatic heterocycles. The highest BCUT2D eigenvalue weighted by Crippen LogP contribution is 2.13. The van der Waals surface area contributed by atoms with Crippen LogP contribution in [0.25, 0.3) is 0 Å². The molecule has 1 rings (SSSR count). The van der Waals surface area contributed by atoms with Gasteiger partial charge in [-0.05, 0) is 19.2 Å². The van der Waals surface area contributed by atoms with E-state index in [1.165, 1.54) is 0 Å². The van der Waals surface area contributed by atoms with E-state index in [1.54, 1.807) is 7.11 Å². The van der Waals surface area contributed by atoms with Crippen LogP contribution in [0.2, 0.25) is 0 Å². The first-order valence-electron chi connectivity index (χ1n) is 5.59. The van der Waals surface area contributed by atoms with Crippen molar-refractivity contribution in [3.05, 3.63) is 34.3 Å². The molecule has 0 aliphatic rings. The number of ketones is 1. The molecule has 0 aliphatic carbocycles. The zero-order valence-corrected chi connectivity index (χ0v) is 11.9. The zero-order valence-electron chi connectivity index (χ0n) is 10.3. The largest absolute Gasteiger partial charge is 0.383 e. The molecule has 0 spiro atoms. The van der Waals surface area contributed by atoms with Crippen LogP contribution in [0.4, 0.5) is 0 Å². The maximum Gasteiger partial charge on any atom is 0.164 e. The normalized spacial score (nSPS) is 10.8. The van der Waals surface area contributed by atoms with Crippen LogP contribution < -0.4 is 0 Å². The lowest BCUT2D eigenvalue weighted by Gasteiger charge is -2.15. The molecule has 0 amide bonds. The minimum absolute atomic E-state index is 0.176. The molecule has 0 unspecified atom stereocenters. The van der Waals surface area contributed by atoms with Crippen LogP contribution in [0.5, 0.6) is 0 Å². The maximum atomic E-state index is 11.9. The molecular weight excluding hydrogens is 282 g/mol. The fourth-order valence-electron chi connectivity index (χ4n) is 1.46. The van der Waals surface area contributed by atoms with Gasteiger partial charge in [0, 0.05) is 36.7 Å². The van der Waals surface area contributed by atoms with Gasteiger partial charge in [-0.2, -0.15) is 0 Å². The summed E-state index contributed by atoms with van der Waals surface area (Å²) in [6.07, 6.45) is 0.538. The number of benzene rings is 1. The molecule has 1 aromatic carbocycles. The highest BCUT2D eigenvalue weighted by atomic mass is 79.9. The molecule has 0 saturated heterocycles. The van der Waals surface area contributed by atoms with E-state index < -0.39 is 0 Å². The van der Waals surface area contributed by atoms with Crippen LogP contribution in [-0.4, -0.2) is 44.5 Å². The summed E-state index contributed by atoms with van der Waals surface area (Å²) in [5, 5.41) is 0. The molecule has 3 nitrogen and oxygen atoms in total. The van der Waals surface area contributed by atoms with Gasteiger partial charge < -0.3 is 9.64 Å². The fourth-order valence-corrected chi connectivity index (χ4v) is 1.86. The minimum atomic E-state index is 0.176. The van der Waals surface area contributed by atoms with Crippen molar-refractivity contribution in [3.63, 3.8) is 0 Å². The number of hydrogen-bond donors (Lipinski definition) is 0. The highest BCUT2D eigenvalue weighted by Gasteiger charge is 2.07. The molecule has 17 heavy (non-hydrogen) atoms. The average molecular weight is 300 g/mol. The van der Waals surface area contributed by atoms with Crippen molar-refractivity contribution in [2.24, 2.45) is 0 Å². The number of carbonyl (C=O) groups is 1. The number of hydrogen-bond acceptors (Lipinski definition) is 3. The lowest BCUT2D eigenvalue weighted by Crippen LogP contribution is -2.25. The van der Waals surface area contributed by atoms with Crippen LogP contribution in [0.3, 0.4) is 0 Å². The molecule has 0 heterocycles. The van der Waals surface area contributed by atoms with Crippen molar-refractivity contribution in [1.82, 2.24) is 4.90 Å². The van der Waals surface area contributed by atoms with Gasteiger partial charge in [0.15, 0.2) is 5.78 Å². The molecule has 0 atom stereocenters. The van der Waals surface area contributed by atoms with Crippen molar-refractivity contribution in [3.8, 4) is 0 Å². The van der Waals surface area contributed by atoms with E-state index in [2.05, 4.69) is 20.8 Å². The van der Waals surface area contributed by atoms with Gasteiger partial charge in [0.2, 0.25) is 0 Å². The van der Waals surface area contributed by atoms with Crippen LogP contribution in [0, 0.1) is 0 Å². The Morgan fingerprint density at radius 3 is 2.82 bits per heavy atom. The van der Waals surface area contributed by atoms with Crippen molar-refractivity contribution >= 4 is 21.7 Å². The number of rotatable bonds is 7. The Hall–Kier alpha value is -0.710. The number of ether oxygens (including phenoxy) is 1. The lowest BCUT2D eigenvalue weighted by molar-refractivity contribution is 0.0960. The second-order valence-corrected chi connectivity index (χ2v) is 4.90. The van der Waals surface area contributed by atoms with Gasteiger partial charge in [0.1, 0.15) is 0 Å². The zero-order chi connectivity index (χ0) is 12.7. The van der Waals surface area contributed by atoms with Gasteiger partial charge in [-0.3, -0.25) is 4.79 Å². The summed E-state index contributed by atoms with van der Waals surface area (Å²) in [5.74, 6) is 0.176. The molecule has 0 radical (unpaired) electrons. The van der Waals surface area contributed by atoms with E-state index in [-0.39, 0.29) is 5.78 Å². The fraction of sp³-hybridized carbons (Fsp3) is 0.462. The number of Topliss-reactive ketones (excluding diaryl/α,β-unsaturated/α-hetero) is 1. The van der Waals surface area contributed by atoms with Gasteiger partial charge in [-0.15, -0.1) is 0 Å². The van der Waals surface area contributed by atoms with E-state index in [0.29, 0.717) is 13.0 Å². The van der Waals surface area contributed by atoms with E-state index >= 15 is 0 Å². The third-order valence-electron chi connectivity index (χ3n) is 2.54. The van der Waals surface area contributed by atoms with E-state index in [9.17, 15) is 4.79 Å². The maximum absolute atomic E-state index is 11.9. The van der Waals surface area contributed by atoms with Gasteiger partial charge in [-0.1, -0.05) is 28.1 Å². The molecule has 0 bridgehead atoms. The van der Waals surface area contributed by atoms with Crippen LogP contribution in [-0.2, 0) is 4.74 Å². The standard InChI is InChI=1S/C13H18BrNO2/c1-15(8-9-17-2)7-6-13(16)11-4-3-5-12(14)10-11/h3-5,10H,6-9H2,1-2H3. The molecule has 0 saturated carbocycles. The van der Waals surface area contributed by atoms with Crippen molar-refractivity contribution in [2.75, 3.05) is 33.9 Å². The topological polar surface area (TPSA) is 29.5 Å². The molecule has 94 valence electrons. The van der Waals surface area contributed by atoms with Crippen molar-refractivity contribution < 1.29 is 9.53 Å². The summed E-state index contributed by atoms with van der Waals surface area (Å²) in [5.41, 5.74) is 0.763. The Morgan fingerprint density at radius 1 is 1.41 bits per heavy atom. The number of carbonyl (C=O) groups excluding carboxylic acids is 1. The molecule has 0 N–H and O–H groups in total. The summed E-state index contributed by atoms with van der Waals surface area (Å²) >= 11 is 3.37.